The van der Waals surface area contributed by atoms with Crippen molar-refractivity contribution < 1.29 is 18.0 Å². The molecule has 0 bridgehead atoms. The Balaban J connectivity index is 1.86. The first kappa shape index (κ1) is 20.5. The average Bonchev–Trinajstić information content (AvgIpc) is 3.18. The van der Waals surface area contributed by atoms with Crippen LogP contribution < -0.4 is 0 Å². The van der Waals surface area contributed by atoms with E-state index in [-0.39, 0.29) is 12.2 Å². The van der Waals surface area contributed by atoms with Crippen LogP contribution in [0.3, 0.4) is 0 Å². The monoisotopic (exact) mass is 433 g/mol. The lowest BCUT2D eigenvalue weighted by Crippen LogP contribution is -2.34. The third-order valence-electron chi connectivity index (χ3n) is 5.12. The molecule has 0 fully saturated rings. The number of para-hydroxylation sites is 1. The van der Waals surface area contributed by atoms with E-state index >= 15 is 0 Å². The molecule has 4 rings (SSSR count). The minimum absolute atomic E-state index is 0.0297. The molecule has 156 valence electrons. The molecule has 2 aromatic carbocycles. The summed E-state index contributed by atoms with van der Waals surface area (Å²) in [5, 5.41) is 4.82. The second kappa shape index (κ2) is 7.47. The van der Waals surface area contributed by atoms with Gasteiger partial charge in [-0.25, -0.2) is 4.68 Å². The Morgan fingerprint density at radius 3 is 2.37 bits per heavy atom. The molecule has 8 heteroatoms. The third-order valence-corrected chi connectivity index (χ3v) is 5.44. The van der Waals surface area contributed by atoms with Crippen LogP contribution in [0.25, 0.3) is 16.9 Å². The zero-order chi connectivity index (χ0) is 21.6. The van der Waals surface area contributed by atoms with E-state index in [0.717, 1.165) is 16.0 Å². The number of hydrogen-bond acceptors (Lipinski definition) is 2. The van der Waals surface area contributed by atoms with Gasteiger partial charge in [0.2, 0.25) is 0 Å². The van der Waals surface area contributed by atoms with Gasteiger partial charge in [-0.1, -0.05) is 61.8 Å². The summed E-state index contributed by atoms with van der Waals surface area (Å²) >= 11 is 6.36. The van der Waals surface area contributed by atoms with Crippen molar-refractivity contribution in [2.24, 2.45) is 0 Å². The minimum Gasteiger partial charge on any atom is -0.324 e. The molecule has 3 aromatic rings. The summed E-state index contributed by atoms with van der Waals surface area (Å²) in [5.74, 6) is -0.393. The Hall–Kier alpha value is -2.80. The van der Waals surface area contributed by atoms with Gasteiger partial charge in [0.15, 0.2) is 5.69 Å². The van der Waals surface area contributed by atoms with Gasteiger partial charge in [0, 0.05) is 11.1 Å². The molecule has 0 radical (unpaired) electrons. The molecule has 4 nitrogen and oxygen atoms in total. The normalized spacial score (nSPS) is 14.0. The van der Waals surface area contributed by atoms with Crippen molar-refractivity contribution in [3.63, 3.8) is 0 Å². The fourth-order valence-electron chi connectivity index (χ4n) is 3.65. The Bertz CT molecular complexity index is 1100. The van der Waals surface area contributed by atoms with E-state index in [2.05, 4.69) is 18.9 Å². The van der Waals surface area contributed by atoms with Gasteiger partial charge < -0.3 is 4.90 Å². The van der Waals surface area contributed by atoms with E-state index in [9.17, 15) is 18.0 Å². The fourth-order valence-corrected chi connectivity index (χ4v) is 3.86. The molecule has 1 aliphatic heterocycles. The van der Waals surface area contributed by atoms with E-state index in [1.165, 1.54) is 0 Å². The number of hydrogen-bond donors (Lipinski definition) is 0. The van der Waals surface area contributed by atoms with E-state index in [0.29, 0.717) is 27.9 Å². The Kier molecular flexibility index (Phi) is 5.10. The van der Waals surface area contributed by atoms with Crippen LogP contribution in [0.1, 0.15) is 41.4 Å². The van der Waals surface area contributed by atoms with Gasteiger partial charge in [-0.15, -0.1) is 0 Å². The number of carbonyl (C=O) groups excluding carboxylic acids is 1. The minimum atomic E-state index is -4.48. The number of amides is 1. The van der Waals surface area contributed by atoms with E-state index < -0.39 is 18.6 Å². The predicted octanol–water partition coefficient (Wildman–Crippen LogP) is 5.83. The molecule has 0 unspecified atom stereocenters. The van der Waals surface area contributed by atoms with Crippen LogP contribution >= 0.6 is 11.6 Å². The second-order valence-corrected chi connectivity index (χ2v) is 8.00. The molecule has 0 aliphatic carbocycles. The lowest BCUT2D eigenvalue weighted by Gasteiger charge is -2.19. The zero-order valence-corrected chi connectivity index (χ0v) is 17.1. The number of rotatable bonds is 4. The summed E-state index contributed by atoms with van der Waals surface area (Å²) in [6.45, 7) is 2.70. The highest BCUT2D eigenvalue weighted by molar-refractivity contribution is 6.32. The molecule has 0 atom stereocenters. The van der Waals surface area contributed by atoms with Gasteiger partial charge in [0.1, 0.15) is 6.54 Å². The highest BCUT2D eigenvalue weighted by Crippen LogP contribution is 2.37. The topological polar surface area (TPSA) is 38.1 Å². The van der Waals surface area contributed by atoms with Crippen LogP contribution in [0.4, 0.5) is 13.2 Å². The highest BCUT2D eigenvalue weighted by atomic mass is 35.5. The van der Waals surface area contributed by atoms with Gasteiger partial charge >= 0.3 is 6.18 Å². The van der Waals surface area contributed by atoms with Gasteiger partial charge in [0.05, 0.1) is 22.9 Å². The maximum atomic E-state index is 12.9. The molecule has 1 aliphatic rings. The van der Waals surface area contributed by atoms with Gasteiger partial charge in [0.25, 0.3) is 5.91 Å². The molecule has 2 heterocycles. The Labute approximate surface area is 176 Å². The lowest BCUT2D eigenvalue weighted by atomic mass is 9.99. The SMILES string of the molecule is CC(C)c1ccc(-c2c3c(nn2-c2ccccc2Cl)C(=O)N(CC(F)(F)F)C3)cc1. The van der Waals surface area contributed by atoms with Crippen molar-refractivity contribution in [3.8, 4) is 16.9 Å². The number of nitrogens with zero attached hydrogens (tertiary/aromatic N) is 3. The van der Waals surface area contributed by atoms with Crippen LogP contribution in [-0.4, -0.2) is 33.3 Å². The first-order valence-corrected chi connectivity index (χ1v) is 9.86. The van der Waals surface area contributed by atoms with Crippen molar-refractivity contribution in [1.82, 2.24) is 14.7 Å². The number of benzene rings is 2. The van der Waals surface area contributed by atoms with Gasteiger partial charge in [-0.3, -0.25) is 4.79 Å². The number of halogens is 4. The largest absolute Gasteiger partial charge is 0.406 e. The summed E-state index contributed by atoms with van der Waals surface area (Å²) in [4.78, 5) is 13.4. The van der Waals surface area contributed by atoms with Crippen molar-refractivity contribution in [2.45, 2.75) is 32.5 Å². The van der Waals surface area contributed by atoms with Crippen LogP contribution in [0.2, 0.25) is 5.02 Å². The smallest absolute Gasteiger partial charge is 0.324 e. The number of aromatic nitrogens is 2. The Morgan fingerprint density at radius 1 is 1.10 bits per heavy atom. The average molecular weight is 434 g/mol. The van der Waals surface area contributed by atoms with Crippen molar-refractivity contribution in [3.05, 3.63) is 70.4 Å². The molecule has 0 N–H and O–H groups in total. The van der Waals surface area contributed by atoms with Crippen LogP contribution in [0.5, 0.6) is 0 Å². The highest BCUT2D eigenvalue weighted by Gasteiger charge is 2.41. The maximum Gasteiger partial charge on any atom is 0.406 e. The third kappa shape index (κ3) is 3.69. The quantitative estimate of drug-likeness (QED) is 0.519. The standard InChI is InChI=1S/C22H19ClF3N3O/c1-13(2)14-7-9-15(10-8-14)20-16-11-28(12-22(24,25)26)21(30)19(16)27-29(20)18-6-4-3-5-17(18)23/h3-10,13H,11-12H2,1-2H3. The number of alkyl halides is 3. The molecular formula is C22H19ClF3N3O. The van der Waals surface area contributed by atoms with Crippen molar-refractivity contribution >= 4 is 17.5 Å². The molecule has 1 aromatic heterocycles. The van der Waals surface area contributed by atoms with Crippen molar-refractivity contribution in [1.29, 1.82) is 0 Å². The van der Waals surface area contributed by atoms with Gasteiger partial charge in [-0.2, -0.15) is 18.3 Å². The zero-order valence-electron chi connectivity index (χ0n) is 16.4. The van der Waals surface area contributed by atoms with Gasteiger partial charge in [-0.05, 0) is 23.6 Å². The molecule has 0 spiro atoms. The second-order valence-electron chi connectivity index (χ2n) is 7.59. The molecule has 1 amide bonds. The lowest BCUT2D eigenvalue weighted by molar-refractivity contribution is -0.141. The first-order chi connectivity index (χ1) is 14.2. The molecule has 30 heavy (non-hydrogen) atoms. The summed E-state index contributed by atoms with van der Waals surface area (Å²) in [7, 11) is 0. The van der Waals surface area contributed by atoms with Crippen LogP contribution in [0.15, 0.2) is 48.5 Å². The maximum absolute atomic E-state index is 12.9. The fraction of sp³-hybridized carbons (Fsp3) is 0.273. The summed E-state index contributed by atoms with van der Waals surface area (Å²) in [6.07, 6.45) is -4.48. The summed E-state index contributed by atoms with van der Waals surface area (Å²) in [5.41, 5.74) is 3.53. The van der Waals surface area contributed by atoms with Crippen LogP contribution in [0, 0.1) is 0 Å². The molecule has 0 saturated heterocycles. The van der Waals surface area contributed by atoms with Crippen LogP contribution in [-0.2, 0) is 6.54 Å². The molecule has 0 saturated carbocycles. The van der Waals surface area contributed by atoms with E-state index in [4.69, 9.17) is 11.6 Å². The number of carbonyl (C=O) groups is 1. The Morgan fingerprint density at radius 2 is 1.77 bits per heavy atom. The first-order valence-electron chi connectivity index (χ1n) is 9.49. The molecular weight excluding hydrogens is 415 g/mol. The van der Waals surface area contributed by atoms with E-state index in [1.54, 1.807) is 28.9 Å². The summed E-state index contributed by atoms with van der Waals surface area (Å²) in [6, 6.07) is 14.8. The number of fused-ring (bicyclic) bond motifs is 1. The van der Waals surface area contributed by atoms with E-state index in [1.807, 2.05) is 24.3 Å². The van der Waals surface area contributed by atoms with Crippen molar-refractivity contribution in [2.75, 3.05) is 6.54 Å². The predicted molar refractivity (Wildman–Crippen MR) is 109 cm³/mol. The summed E-state index contributed by atoms with van der Waals surface area (Å²) < 4.78 is 40.3.